The van der Waals surface area contributed by atoms with Gasteiger partial charge in [0.05, 0.1) is 11.0 Å². The molecule has 0 aliphatic heterocycles. The minimum Gasteiger partial charge on any atom is -0.391 e. The quantitative estimate of drug-likeness (QED) is 0.813. The Balaban J connectivity index is 2.53. The third kappa shape index (κ3) is 1.33. The van der Waals surface area contributed by atoms with Gasteiger partial charge in [0.2, 0.25) is 0 Å². The fourth-order valence-corrected chi connectivity index (χ4v) is 4.16. The van der Waals surface area contributed by atoms with E-state index in [4.69, 9.17) is 0 Å². The third-order valence-corrected chi connectivity index (χ3v) is 5.78. The Morgan fingerprint density at radius 2 is 1.88 bits per heavy atom. The van der Waals surface area contributed by atoms with Gasteiger partial charge in [0.25, 0.3) is 0 Å². The van der Waals surface area contributed by atoms with Crippen molar-refractivity contribution in [3.05, 3.63) is 42.5 Å². The maximum absolute atomic E-state index is 12.3. The molecule has 1 aliphatic carbocycles. The molecule has 1 aliphatic rings. The smallest absolute Gasteiger partial charge is 0.190 e. The van der Waals surface area contributed by atoms with Gasteiger partial charge < -0.3 is 5.11 Å². The van der Waals surface area contributed by atoms with Crippen LogP contribution in [0.4, 0.5) is 0 Å². The fraction of sp³-hybridized carbons (Fsp3) is 0.333. The largest absolute Gasteiger partial charge is 0.391 e. The number of aliphatic hydroxyl groups is 1. The molecular weight excluding hydrogens is 224 g/mol. The van der Waals surface area contributed by atoms with Gasteiger partial charge in [-0.2, -0.15) is 0 Å². The Morgan fingerprint density at radius 3 is 2.25 bits per heavy atom. The molecule has 1 aromatic carbocycles. The Hall–Kier alpha value is -1.13. The highest BCUT2D eigenvalue weighted by Gasteiger charge is 2.62. The number of benzene rings is 1. The summed E-state index contributed by atoms with van der Waals surface area (Å²) in [5.41, 5.74) is 0.589. The summed E-state index contributed by atoms with van der Waals surface area (Å²) in [4.78, 5) is 0.245. The number of aliphatic hydroxyl groups excluding tert-OH is 1. The highest BCUT2D eigenvalue weighted by atomic mass is 32.2. The van der Waals surface area contributed by atoms with Crippen LogP contribution in [0.25, 0.3) is 0 Å². The van der Waals surface area contributed by atoms with Gasteiger partial charge in [-0.3, -0.25) is 0 Å². The lowest BCUT2D eigenvalue weighted by atomic mass is 10.2. The molecule has 0 heterocycles. The molecule has 1 aromatic rings. The normalized spacial score (nSPS) is 26.5. The molecule has 4 heteroatoms. The molecule has 0 spiro atoms. The van der Waals surface area contributed by atoms with Crippen LogP contribution in [0.5, 0.6) is 0 Å². The summed E-state index contributed by atoms with van der Waals surface area (Å²) in [5, 5.41) is 9.67. The van der Waals surface area contributed by atoms with E-state index < -0.39 is 20.7 Å². The molecule has 0 radical (unpaired) electrons. The Bertz CT molecular complexity index is 516. The summed E-state index contributed by atoms with van der Waals surface area (Å²) in [7, 11) is -3.53. The van der Waals surface area contributed by atoms with Crippen LogP contribution in [0, 0.1) is 0 Å². The molecule has 0 aromatic heterocycles. The SMILES string of the molecule is C=C1CC1(C(C)O)S(=O)(=O)c1ccccc1. The van der Waals surface area contributed by atoms with E-state index in [0.29, 0.717) is 12.0 Å². The first-order valence-corrected chi connectivity index (χ1v) is 6.57. The van der Waals surface area contributed by atoms with E-state index in [9.17, 15) is 13.5 Å². The molecule has 1 N–H and O–H groups in total. The lowest BCUT2D eigenvalue weighted by molar-refractivity contribution is 0.184. The van der Waals surface area contributed by atoms with Gasteiger partial charge >= 0.3 is 0 Å². The van der Waals surface area contributed by atoms with E-state index in [2.05, 4.69) is 6.58 Å². The molecule has 2 unspecified atom stereocenters. The van der Waals surface area contributed by atoms with Crippen LogP contribution in [0.15, 0.2) is 47.4 Å². The van der Waals surface area contributed by atoms with Crippen molar-refractivity contribution in [1.29, 1.82) is 0 Å². The maximum atomic E-state index is 12.3. The van der Waals surface area contributed by atoms with Crippen molar-refractivity contribution >= 4 is 9.84 Å². The van der Waals surface area contributed by atoms with Crippen LogP contribution >= 0.6 is 0 Å². The lowest BCUT2D eigenvalue weighted by Crippen LogP contribution is -2.35. The highest BCUT2D eigenvalue weighted by Crippen LogP contribution is 2.53. The molecule has 2 rings (SSSR count). The van der Waals surface area contributed by atoms with Crippen LogP contribution < -0.4 is 0 Å². The van der Waals surface area contributed by atoms with Crippen LogP contribution in [-0.2, 0) is 9.84 Å². The van der Waals surface area contributed by atoms with Crippen molar-refractivity contribution in [3.8, 4) is 0 Å². The maximum Gasteiger partial charge on any atom is 0.190 e. The average molecular weight is 238 g/mol. The first-order chi connectivity index (χ1) is 7.43. The van der Waals surface area contributed by atoms with Crippen LogP contribution in [0.1, 0.15) is 13.3 Å². The molecule has 16 heavy (non-hydrogen) atoms. The zero-order chi connectivity index (χ0) is 12.0. The van der Waals surface area contributed by atoms with Crippen LogP contribution in [-0.4, -0.2) is 24.4 Å². The van der Waals surface area contributed by atoms with E-state index in [1.807, 2.05) is 0 Å². The van der Waals surface area contributed by atoms with Crippen molar-refractivity contribution in [1.82, 2.24) is 0 Å². The van der Waals surface area contributed by atoms with Gasteiger partial charge in [0, 0.05) is 0 Å². The van der Waals surface area contributed by atoms with Crippen molar-refractivity contribution in [2.45, 2.75) is 29.1 Å². The third-order valence-electron chi connectivity index (χ3n) is 3.16. The van der Waals surface area contributed by atoms with E-state index >= 15 is 0 Å². The second kappa shape index (κ2) is 3.43. The first kappa shape index (κ1) is 11.4. The van der Waals surface area contributed by atoms with Gasteiger partial charge in [-0.15, -0.1) is 0 Å². The highest BCUT2D eigenvalue weighted by molar-refractivity contribution is 7.93. The minimum absolute atomic E-state index is 0.245. The second-order valence-corrected chi connectivity index (χ2v) is 6.37. The summed E-state index contributed by atoms with van der Waals surface area (Å²) in [6, 6.07) is 8.20. The van der Waals surface area contributed by atoms with Crippen molar-refractivity contribution in [2.75, 3.05) is 0 Å². The number of sulfone groups is 1. The summed E-state index contributed by atoms with van der Waals surface area (Å²) < 4.78 is 23.5. The molecule has 0 saturated heterocycles. The van der Waals surface area contributed by atoms with Crippen molar-refractivity contribution in [2.24, 2.45) is 0 Å². The molecule has 1 fully saturated rings. The number of hydrogen-bond acceptors (Lipinski definition) is 3. The van der Waals surface area contributed by atoms with E-state index in [-0.39, 0.29) is 4.90 Å². The zero-order valence-electron chi connectivity index (χ0n) is 9.05. The molecule has 0 bridgehead atoms. The Kier molecular flexibility index (Phi) is 2.44. The van der Waals surface area contributed by atoms with E-state index in [0.717, 1.165) is 0 Å². The van der Waals surface area contributed by atoms with Gasteiger partial charge in [-0.25, -0.2) is 8.42 Å². The summed E-state index contributed by atoms with van der Waals surface area (Å²) >= 11 is 0. The molecule has 2 atom stereocenters. The van der Waals surface area contributed by atoms with Crippen LogP contribution in [0.2, 0.25) is 0 Å². The molecule has 86 valence electrons. The fourth-order valence-electron chi connectivity index (χ4n) is 2.04. The first-order valence-electron chi connectivity index (χ1n) is 5.09. The lowest BCUT2D eigenvalue weighted by Gasteiger charge is -2.18. The summed E-state index contributed by atoms with van der Waals surface area (Å²) in [6.45, 7) is 5.19. The standard InChI is InChI=1S/C12H14O3S/c1-9-8-12(9,10(2)13)16(14,15)11-6-4-3-5-7-11/h3-7,10,13H,1,8H2,2H3. The van der Waals surface area contributed by atoms with Crippen molar-refractivity contribution < 1.29 is 13.5 Å². The van der Waals surface area contributed by atoms with Gasteiger partial charge in [-0.1, -0.05) is 30.4 Å². The summed E-state index contributed by atoms with van der Waals surface area (Å²) in [6.07, 6.45) is -0.577. The number of rotatable bonds is 3. The topological polar surface area (TPSA) is 54.4 Å². The van der Waals surface area contributed by atoms with E-state index in [1.165, 1.54) is 6.92 Å². The zero-order valence-corrected chi connectivity index (χ0v) is 9.87. The second-order valence-electron chi connectivity index (χ2n) is 4.16. The molecule has 0 amide bonds. The summed E-state index contributed by atoms with van der Waals surface area (Å²) in [5.74, 6) is 0. The number of hydrogen-bond donors (Lipinski definition) is 1. The minimum atomic E-state index is -3.53. The van der Waals surface area contributed by atoms with E-state index in [1.54, 1.807) is 30.3 Å². The van der Waals surface area contributed by atoms with Gasteiger partial charge in [0.15, 0.2) is 9.84 Å². The van der Waals surface area contributed by atoms with Crippen LogP contribution in [0.3, 0.4) is 0 Å². The van der Waals surface area contributed by atoms with Gasteiger partial charge in [-0.05, 0) is 25.5 Å². The van der Waals surface area contributed by atoms with Crippen molar-refractivity contribution in [3.63, 3.8) is 0 Å². The van der Waals surface area contributed by atoms with Gasteiger partial charge in [0.1, 0.15) is 4.75 Å². The monoisotopic (exact) mass is 238 g/mol. The predicted molar refractivity (Wildman–Crippen MR) is 61.8 cm³/mol. The Morgan fingerprint density at radius 1 is 1.38 bits per heavy atom. The molecule has 1 saturated carbocycles. The molecular formula is C12H14O3S. The molecule has 3 nitrogen and oxygen atoms in total. The predicted octanol–water partition coefficient (Wildman–Crippen LogP) is 1.54. The average Bonchev–Trinajstić information content (AvgIpc) is 2.93. The Labute approximate surface area is 95.3 Å².